The zero-order chi connectivity index (χ0) is 17.6. The summed E-state index contributed by atoms with van der Waals surface area (Å²) in [5.41, 5.74) is 3.48. The van der Waals surface area contributed by atoms with Crippen LogP contribution in [0.2, 0.25) is 0 Å². The summed E-state index contributed by atoms with van der Waals surface area (Å²) in [6.45, 7) is 1.72. The third-order valence-corrected chi connectivity index (χ3v) is 3.99. The van der Waals surface area contributed by atoms with Crippen LogP contribution in [0.4, 0.5) is 0 Å². The topological polar surface area (TPSA) is 62.9 Å². The van der Waals surface area contributed by atoms with Gasteiger partial charge in [-0.25, -0.2) is 9.50 Å². The number of aliphatic hydroxyl groups excluding tert-OH is 1. The van der Waals surface area contributed by atoms with E-state index in [1.165, 1.54) is 0 Å². The molecule has 0 aliphatic heterocycles. The van der Waals surface area contributed by atoms with Crippen molar-refractivity contribution in [1.82, 2.24) is 19.5 Å². The Bertz CT molecular complexity index is 829. The lowest BCUT2D eigenvalue weighted by molar-refractivity contribution is 0.280. The highest BCUT2D eigenvalue weighted by Crippen LogP contribution is 2.22. The normalized spacial score (nSPS) is 11.4. The minimum absolute atomic E-state index is 0.0132. The van der Waals surface area contributed by atoms with Gasteiger partial charge in [0.25, 0.3) is 0 Å². The summed E-state index contributed by atoms with van der Waals surface area (Å²) in [5.74, 6) is 0.593. The van der Waals surface area contributed by atoms with E-state index in [2.05, 4.69) is 29.1 Å². The molecule has 6 heteroatoms. The lowest BCUT2D eigenvalue weighted by Gasteiger charge is -2.10. The van der Waals surface area contributed by atoms with Crippen molar-refractivity contribution >= 4 is 5.65 Å². The molecule has 0 aliphatic rings. The number of rotatable bonds is 8. The van der Waals surface area contributed by atoms with Crippen LogP contribution < -0.4 is 4.74 Å². The molecular weight excluding hydrogens is 316 g/mol. The number of nitrogens with zero attached hydrogens (tertiary/aromatic N) is 4. The van der Waals surface area contributed by atoms with Gasteiger partial charge < -0.3 is 14.7 Å². The number of ether oxygens (including phenoxy) is 1. The summed E-state index contributed by atoms with van der Waals surface area (Å²) in [5, 5.41) is 13.9. The standard InChI is InChI=1S/C19H24N4O2/c1-22(2)10-3-4-11-25-19-9-8-18-20-13-17(23(18)21-19)16-7-5-6-15(12-16)14-24/h5-9,12-13,24H,3-4,10-11,14H2,1-2H3. The van der Waals surface area contributed by atoms with Crippen LogP contribution in [-0.4, -0.2) is 51.9 Å². The van der Waals surface area contributed by atoms with Gasteiger partial charge in [-0.05, 0) is 51.2 Å². The molecule has 6 nitrogen and oxygen atoms in total. The maximum atomic E-state index is 9.33. The second-order valence-corrected chi connectivity index (χ2v) is 6.30. The summed E-state index contributed by atoms with van der Waals surface area (Å²) in [7, 11) is 4.14. The van der Waals surface area contributed by atoms with Crippen LogP contribution in [0.3, 0.4) is 0 Å². The molecule has 0 fully saturated rings. The van der Waals surface area contributed by atoms with Gasteiger partial charge in [0, 0.05) is 11.6 Å². The van der Waals surface area contributed by atoms with Crippen LogP contribution in [0.15, 0.2) is 42.6 Å². The van der Waals surface area contributed by atoms with E-state index in [4.69, 9.17) is 4.74 Å². The van der Waals surface area contributed by atoms with Crippen LogP contribution in [0.25, 0.3) is 16.9 Å². The first kappa shape index (κ1) is 17.4. The molecule has 132 valence electrons. The highest BCUT2D eigenvalue weighted by molar-refractivity contribution is 5.63. The molecule has 3 aromatic rings. The van der Waals surface area contributed by atoms with Crippen LogP contribution >= 0.6 is 0 Å². The van der Waals surface area contributed by atoms with Gasteiger partial charge in [-0.1, -0.05) is 18.2 Å². The molecule has 3 rings (SSSR count). The number of unbranched alkanes of at least 4 members (excludes halogenated alkanes) is 1. The Kier molecular flexibility index (Phi) is 5.63. The number of aliphatic hydroxyl groups is 1. The summed E-state index contributed by atoms with van der Waals surface area (Å²) >= 11 is 0. The molecule has 0 aliphatic carbocycles. The van der Waals surface area contributed by atoms with Gasteiger partial charge in [-0.3, -0.25) is 0 Å². The number of aromatic nitrogens is 3. The van der Waals surface area contributed by atoms with Crippen molar-refractivity contribution in [2.24, 2.45) is 0 Å². The largest absolute Gasteiger partial charge is 0.477 e. The highest BCUT2D eigenvalue weighted by atomic mass is 16.5. The first-order chi connectivity index (χ1) is 12.2. The average Bonchev–Trinajstić information content (AvgIpc) is 3.04. The molecule has 1 N–H and O–H groups in total. The molecule has 1 aromatic carbocycles. The molecule has 2 heterocycles. The van der Waals surface area contributed by atoms with Gasteiger partial charge in [0.15, 0.2) is 5.65 Å². The number of hydrogen-bond donors (Lipinski definition) is 1. The van der Waals surface area contributed by atoms with E-state index in [1.807, 2.05) is 36.4 Å². The van der Waals surface area contributed by atoms with E-state index in [-0.39, 0.29) is 6.61 Å². The molecule has 2 aromatic heterocycles. The maximum Gasteiger partial charge on any atom is 0.231 e. The summed E-state index contributed by atoms with van der Waals surface area (Å²) in [4.78, 5) is 6.57. The lowest BCUT2D eigenvalue weighted by atomic mass is 10.1. The second kappa shape index (κ2) is 8.09. The van der Waals surface area contributed by atoms with Gasteiger partial charge in [0.05, 0.1) is 25.1 Å². The van der Waals surface area contributed by atoms with Crippen molar-refractivity contribution in [1.29, 1.82) is 0 Å². The Morgan fingerprint density at radius 2 is 2.04 bits per heavy atom. The van der Waals surface area contributed by atoms with E-state index in [0.717, 1.165) is 41.9 Å². The minimum Gasteiger partial charge on any atom is -0.477 e. The molecule has 25 heavy (non-hydrogen) atoms. The second-order valence-electron chi connectivity index (χ2n) is 6.30. The number of hydrogen-bond acceptors (Lipinski definition) is 5. The molecule has 0 atom stereocenters. The molecule has 0 unspecified atom stereocenters. The summed E-state index contributed by atoms with van der Waals surface area (Å²) in [6.07, 6.45) is 3.88. The van der Waals surface area contributed by atoms with Crippen molar-refractivity contribution in [2.75, 3.05) is 27.2 Å². The molecule has 0 radical (unpaired) electrons. The van der Waals surface area contributed by atoms with Crippen molar-refractivity contribution in [3.8, 4) is 17.1 Å². The average molecular weight is 340 g/mol. The molecule has 0 saturated carbocycles. The Balaban J connectivity index is 1.75. The quantitative estimate of drug-likeness (QED) is 0.639. The Morgan fingerprint density at radius 3 is 2.84 bits per heavy atom. The van der Waals surface area contributed by atoms with Crippen LogP contribution in [0, 0.1) is 0 Å². The number of imidazole rings is 1. The molecule has 0 saturated heterocycles. The van der Waals surface area contributed by atoms with E-state index in [1.54, 1.807) is 10.7 Å². The number of benzene rings is 1. The number of fused-ring (bicyclic) bond motifs is 1. The van der Waals surface area contributed by atoms with Crippen molar-refractivity contribution < 1.29 is 9.84 Å². The van der Waals surface area contributed by atoms with E-state index in [0.29, 0.717) is 12.5 Å². The monoisotopic (exact) mass is 340 g/mol. The Hall–Kier alpha value is -2.44. The zero-order valence-corrected chi connectivity index (χ0v) is 14.7. The maximum absolute atomic E-state index is 9.33. The molecular formula is C19H24N4O2. The van der Waals surface area contributed by atoms with Crippen molar-refractivity contribution in [3.05, 3.63) is 48.2 Å². The van der Waals surface area contributed by atoms with Gasteiger partial charge in [0.1, 0.15) is 0 Å². The molecule has 0 amide bonds. The summed E-state index contributed by atoms with van der Waals surface area (Å²) < 4.78 is 7.57. The Morgan fingerprint density at radius 1 is 1.16 bits per heavy atom. The van der Waals surface area contributed by atoms with Gasteiger partial charge in [0.2, 0.25) is 5.88 Å². The first-order valence-electron chi connectivity index (χ1n) is 8.50. The molecule has 0 spiro atoms. The van der Waals surface area contributed by atoms with Crippen LogP contribution in [-0.2, 0) is 6.61 Å². The van der Waals surface area contributed by atoms with Crippen molar-refractivity contribution in [3.63, 3.8) is 0 Å². The zero-order valence-electron chi connectivity index (χ0n) is 14.7. The summed E-state index contributed by atoms with van der Waals surface area (Å²) in [6, 6.07) is 11.5. The fourth-order valence-corrected chi connectivity index (χ4v) is 2.67. The lowest BCUT2D eigenvalue weighted by Crippen LogP contribution is -2.14. The van der Waals surface area contributed by atoms with Crippen LogP contribution in [0.5, 0.6) is 5.88 Å². The van der Waals surface area contributed by atoms with E-state index < -0.39 is 0 Å². The predicted octanol–water partition coefficient (Wildman–Crippen LogP) is 2.61. The highest BCUT2D eigenvalue weighted by Gasteiger charge is 2.09. The van der Waals surface area contributed by atoms with E-state index >= 15 is 0 Å². The molecule has 0 bridgehead atoms. The van der Waals surface area contributed by atoms with Gasteiger partial charge in [-0.2, -0.15) is 0 Å². The fourth-order valence-electron chi connectivity index (χ4n) is 2.67. The predicted molar refractivity (Wildman–Crippen MR) is 97.6 cm³/mol. The van der Waals surface area contributed by atoms with Crippen LogP contribution in [0.1, 0.15) is 18.4 Å². The third-order valence-electron chi connectivity index (χ3n) is 3.99. The van der Waals surface area contributed by atoms with Crippen molar-refractivity contribution in [2.45, 2.75) is 19.4 Å². The van der Waals surface area contributed by atoms with Gasteiger partial charge in [-0.15, -0.1) is 5.10 Å². The SMILES string of the molecule is CN(C)CCCCOc1ccc2ncc(-c3cccc(CO)c3)n2n1. The van der Waals surface area contributed by atoms with Gasteiger partial charge >= 0.3 is 0 Å². The first-order valence-corrected chi connectivity index (χ1v) is 8.50. The Labute approximate surface area is 147 Å². The van der Waals surface area contributed by atoms with E-state index in [9.17, 15) is 5.11 Å². The fraction of sp³-hybridized carbons (Fsp3) is 0.368. The third kappa shape index (κ3) is 4.35. The smallest absolute Gasteiger partial charge is 0.231 e. The minimum atomic E-state index is 0.0132.